The molecule has 0 saturated carbocycles. The van der Waals surface area contributed by atoms with E-state index >= 15 is 0 Å². The van der Waals surface area contributed by atoms with Gasteiger partial charge in [-0.3, -0.25) is 9.59 Å². The highest BCUT2D eigenvalue weighted by Crippen LogP contribution is 2.37. The number of anilines is 1. The summed E-state index contributed by atoms with van der Waals surface area (Å²) in [5.74, 6) is 0.302. The quantitative estimate of drug-likeness (QED) is 0.695. The van der Waals surface area contributed by atoms with Gasteiger partial charge >= 0.3 is 0 Å². The SMILES string of the molecule is COc1ccc(S(=O)(=O)N2C[C@@H]3C[C@H](C2)c2ccc(NC(=O)CN(C)C)c(=O)n2C3)cc1. The second-order valence-corrected chi connectivity index (χ2v) is 10.6. The van der Waals surface area contributed by atoms with Crippen molar-refractivity contribution in [1.82, 2.24) is 13.8 Å². The number of carbonyl (C=O) groups excluding carboxylic acids is 1. The van der Waals surface area contributed by atoms with Crippen molar-refractivity contribution in [2.24, 2.45) is 5.92 Å². The Morgan fingerprint density at radius 2 is 1.84 bits per heavy atom. The van der Waals surface area contributed by atoms with Gasteiger partial charge in [0.05, 0.1) is 18.6 Å². The first-order valence-electron chi connectivity index (χ1n) is 10.5. The molecular weight excluding hydrogens is 432 g/mol. The molecule has 0 spiro atoms. The summed E-state index contributed by atoms with van der Waals surface area (Å²) < 4.78 is 34.8. The van der Waals surface area contributed by atoms with E-state index in [4.69, 9.17) is 4.74 Å². The maximum atomic E-state index is 13.2. The van der Waals surface area contributed by atoms with Crippen molar-refractivity contribution < 1.29 is 17.9 Å². The van der Waals surface area contributed by atoms with Crippen molar-refractivity contribution in [3.8, 4) is 5.75 Å². The van der Waals surface area contributed by atoms with Crippen LogP contribution in [0.2, 0.25) is 0 Å². The average molecular weight is 461 g/mol. The topological polar surface area (TPSA) is 101 Å². The minimum Gasteiger partial charge on any atom is -0.497 e. The van der Waals surface area contributed by atoms with E-state index in [1.54, 1.807) is 53.9 Å². The number of rotatable bonds is 6. The Morgan fingerprint density at radius 3 is 2.50 bits per heavy atom. The molecule has 2 bridgehead atoms. The second kappa shape index (κ2) is 8.68. The molecule has 2 aromatic rings. The molecule has 2 aliphatic rings. The van der Waals surface area contributed by atoms with Gasteiger partial charge in [0.25, 0.3) is 5.56 Å². The molecule has 1 N–H and O–H groups in total. The molecule has 9 nitrogen and oxygen atoms in total. The van der Waals surface area contributed by atoms with Crippen molar-refractivity contribution in [2.75, 3.05) is 46.2 Å². The van der Waals surface area contributed by atoms with E-state index in [-0.39, 0.29) is 40.4 Å². The lowest BCUT2D eigenvalue weighted by atomic mass is 9.84. The van der Waals surface area contributed by atoms with Crippen molar-refractivity contribution >= 4 is 21.6 Å². The van der Waals surface area contributed by atoms with Crippen LogP contribution in [-0.4, -0.2) is 68.9 Å². The van der Waals surface area contributed by atoms with Crippen LogP contribution >= 0.6 is 0 Å². The van der Waals surface area contributed by atoms with Crippen LogP contribution in [0.1, 0.15) is 18.0 Å². The summed E-state index contributed by atoms with van der Waals surface area (Å²) in [7, 11) is 1.45. The minimum absolute atomic E-state index is 0.0275. The predicted octanol–water partition coefficient (Wildman–Crippen LogP) is 1.17. The fourth-order valence-electron chi connectivity index (χ4n) is 4.57. The van der Waals surface area contributed by atoms with Crippen LogP contribution in [0.4, 0.5) is 5.69 Å². The van der Waals surface area contributed by atoms with Gasteiger partial charge in [0.15, 0.2) is 0 Å². The second-order valence-electron chi connectivity index (χ2n) is 8.67. The number of ether oxygens (including phenoxy) is 1. The van der Waals surface area contributed by atoms with E-state index in [1.807, 2.05) is 6.07 Å². The van der Waals surface area contributed by atoms with Crippen LogP contribution in [0.3, 0.4) is 0 Å². The normalized spacial score (nSPS) is 20.6. The average Bonchev–Trinajstić information content (AvgIpc) is 2.75. The van der Waals surface area contributed by atoms with E-state index in [1.165, 1.54) is 11.4 Å². The number of hydrogen-bond acceptors (Lipinski definition) is 6. The molecule has 1 aromatic heterocycles. The monoisotopic (exact) mass is 460 g/mol. The largest absolute Gasteiger partial charge is 0.497 e. The summed E-state index contributed by atoms with van der Waals surface area (Å²) in [6.45, 7) is 1.28. The fourth-order valence-corrected chi connectivity index (χ4v) is 6.13. The number of amides is 1. The van der Waals surface area contributed by atoms with Crippen molar-refractivity contribution in [1.29, 1.82) is 0 Å². The van der Waals surface area contributed by atoms with Crippen molar-refractivity contribution in [2.45, 2.75) is 23.8 Å². The Labute approximate surface area is 187 Å². The Kier molecular flexibility index (Phi) is 6.11. The lowest BCUT2D eigenvalue weighted by molar-refractivity contribution is -0.116. The molecule has 32 heavy (non-hydrogen) atoms. The Bertz CT molecular complexity index is 1170. The zero-order valence-corrected chi connectivity index (χ0v) is 19.3. The van der Waals surface area contributed by atoms with Gasteiger partial charge in [-0.1, -0.05) is 0 Å². The smallest absolute Gasteiger partial charge is 0.274 e. The van der Waals surface area contributed by atoms with Crippen LogP contribution in [0.15, 0.2) is 46.1 Å². The molecule has 1 saturated heterocycles. The zero-order chi connectivity index (χ0) is 23.0. The number of aromatic nitrogens is 1. The molecule has 0 radical (unpaired) electrons. The van der Waals surface area contributed by atoms with Crippen LogP contribution in [0, 0.1) is 5.92 Å². The van der Waals surface area contributed by atoms with E-state index < -0.39 is 10.0 Å². The van der Waals surface area contributed by atoms with Crippen molar-refractivity contribution in [3.05, 3.63) is 52.4 Å². The number of carbonyl (C=O) groups is 1. The Hall–Kier alpha value is -2.69. The maximum Gasteiger partial charge on any atom is 0.274 e. The predicted molar refractivity (Wildman–Crippen MR) is 120 cm³/mol. The highest BCUT2D eigenvalue weighted by Gasteiger charge is 2.39. The Morgan fingerprint density at radius 1 is 1.12 bits per heavy atom. The standard InChI is InChI=1S/C22H28N4O5S/c1-24(2)14-21(27)23-19-8-9-20-16-10-15(12-26(20)22(19)28)11-25(13-16)32(29,30)18-6-4-17(31-3)5-7-18/h4-9,15-16H,10-14H2,1-3H3,(H,23,27)/t15-,16+/m0/s1. The van der Waals surface area contributed by atoms with Crippen molar-refractivity contribution in [3.63, 3.8) is 0 Å². The minimum atomic E-state index is -3.65. The molecule has 1 fully saturated rings. The molecule has 1 aromatic carbocycles. The van der Waals surface area contributed by atoms with Crippen LogP contribution in [0.25, 0.3) is 0 Å². The number of fused-ring (bicyclic) bond motifs is 4. The first-order valence-corrected chi connectivity index (χ1v) is 12.0. The molecule has 2 aliphatic heterocycles. The number of pyridine rings is 1. The molecule has 10 heteroatoms. The molecule has 172 valence electrons. The van der Waals surface area contributed by atoms with Gasteiger partial charge in [-0.2, -0.15) is 4.31 Å². The van der Waals surface area contributed by atoms with Gasteiger partial charge in [0.2, 0.25) is 15.9 Å². The zero-order valence-electron chi connectivity index (χ0n) is 18.4. The van der Waals surface area contributed by atoms with E-state index in [9.17, 15) is 18.0 Å². The number of likely N-dealkylation sites (N-methyl/N-ethyl adjacent to an activating group) is 1. The Balaban J connectivity index is 1.58. The number of methoxy groups -OCH3 is 1. The summed E-state index contributed by atoms with van der Waals surface area (Å²) in [4.78, 5) is 27.1. The lowest BCUT2D eigenvalue weighted by Crippen LogP contribution is -2.49. The molecule has 2 atom stereocenters. The summed E-state index contributed by atoms with van der Waals surface area (Å²) in [5.41, 5.74) is 0.825. The van der Waals surface area contributed by atoms with Crippen LogP contribution in [-0.2, 0) is 21.4 Å². The number of sulfonamides is 1. The van der Waals surface area contributed by atoms with Gasteiger partial charge in [-0.25, -0.2) is 8.42 Å². The first-order chi connectivity index (χ1) is 15.2. The van der Waals surface area contributed by atoms with Gasteiger partial charge in [0.1, 0.15) is 11.4 Å². The molecular formula is C22H28N4O5S. The van der Waals surface area contributed by atoms with Gasteiger partial charge in [-0.15, -0.1) is 0 Å². The number of nitrogens with zero attached hydrogens (tertiary/aromatic N) is 3. The van der Waals surface area contributed by atoms with Gasteiger partial charge in [-0.05, 0) is 62.8 Å². The van der Waals surface area contributed by atoms with Crippen LogP contribution < -0.4 is 15.6 Å². The van der Waals surface area contributed by atoms with Crippen LogP contribution in [0.5, 0.6) is 5.75 Å². The van der Waals surface area contributed by atoms with E-state index in [0.717, 1.165) is 12.1 Å². The molecule has 0 unspecified atom stereocenters. The van der Waals surface area contributed by atoms with Gasteiger partial charge in [0, 0.05) is 31.2 Å². The molecule has 3 heterocycles. The van der Waals surface area contributed by atoms with Gasteiger partial charge < -0.3 is 19.5 Å². The summed E-state index contributed by atoms with van der Waals surface area (Å²) in [6.07, 6.45) is 0.834. The third kappa shape index (κ3) is 4.30. The summed E-state index contributed by atoms with van der Waals surface area (Å²) in [6, 6.07) is 9.84. The number of piperidine rings is 1. The number of hydrogen-bond donors (Lipinski definition) is 1. The third-order valence-electron chi connectivity index (χ3n) is 6.00. The molecule has 1 amide bonds. The number of nitrogens with one attached hydrogen (secondary N) is 1. The van der Waals surface area contributed by atoms with E-state index in [0.29, 0.717) is 25.4 Å². The maximum absolute atomic E-state index is 13.2. The summed E-state index contributed by atoms with van der Waals surface area (Å²) in [5, 5.41) is 2.69. The first kappa shape index (κ1) is 22.5. The fraction of sp³-hybridized carbons (Fsp3) is 0.455. The lowest BCUT2D eigenvalue weighted by Gasteiger charge is -2.42. The third-order valence-corrected chi connectivity index (χ3v) is 7.85. The molecule has 4 rings (SSSR count). The highest BCUT2D eigenvalue weighted by atomic mass is 32.2. The number of benzene rings is 1. The van der Waals surface area contributed by atoms with E-state index in [2.05, 4.69) is 5.32 Å². The highest BCUT2D eigenvalue weighted by molar-refractivity contribution is 7.89. The summed E-state index contributed by atoms with van der Waals surface area (Å²) >= 11 is 0. The molecule has 0 aliphatic carbocycles.